The van der Waals surface area contributed by atoms with Gasteiger partial charge in [-0.3, -0.25) is 9.69 Å². The first-order valence-corrected chi connectivity index (χ1v) is 9.74. The zero-order chi connectivity index (χ0) is 20.5. The van der Waals surface area contributed by atoms with Gasteiger partial charge in [-0.2, -0.15) is 0 Å². The molecule has 29 heavy (non-hydrogen) atoms. The molecule has 1 fully saturated rings. The number of amides is 1. The Hall–Kier alpha value is -2.83. The molecule has 1 heterocycles. The highest BCUT2D eigenvalue weighted by molar-refractivity contribution is 5.92. The summed E-state index contributed by atoms with van der Waals surface area (Å²) in [6.07, 6.45) is 3.31. The maximum Gasteiger partial charge on any atom is 0.244 e. The van der Waals surface area contributed by atoms with E-state index in [0.29, 0.717) is 11.5 Å². The van der Waals surface area contributed by atoms with Gasteiger partial charge in [0.2, 0.25) is 5.91 Å². The number of methoxy groups -OCH3 is 2. The lowest BCUT2D eigenvalue weighted by Gasteiger charge is -2.31. The van der Waals surface area contributed by atoms with Crippen molar-refractivity contribution in [2.75, 3.05) is 47.1 Å². The highest BCUT2D eigenvalue weighted by atomic mass is 16.5. The van der Waals surface area contributed by atoms with E-state index in [1.165, 1.54) is 0 Å². The molecule has 6 nitrogen and oxygen atoms in total. The predicted molar refractivity (Wildman–Crippen MR) is 113 cm³/mol. The van der Waals surface area contributed by atoms with E-state index in [2.05, 4.69) is 10.2 Å². The van der Waals surface area contributed by atoms with Gasteiger partial charge < -0.3 is 19.5 Å². The summed E-state index contributed by atoms with van der Waals surface area (Å²) in [6, 6.07) is 15.5. The smallest absolute Gasteiger partial charge is 0.244 e. The monoisotopic (exact) mass is 396 g/mol. The lowest BCUT2D eigenvalue weighted by atomic mass is 10.1. The van der Waals surface area contributed by atoms with Crippen LogP contribution in [0.1, 0.15) is 17.2 Å². The normalized spacial score (nSPS) is 15.8. The van der Waals surface area contributed by atoms with Gasteiger partial charge in [-0.1, -0.05) is 30.3 Å². The molecule has 0 unspecified atom stereocenters. The van der Waals surface area contributed by atoms with Crippen LogP contribution in [-0.2, 0) is 9.53 Å². The van der Waals surface area contributed by atoms with Crippen LogP contribution in [0.25, 0.3) is 6.08 Å². The number of morpholine rings is 1. The SMILES string of the molecule is COc1cc(/C=C/C(=O)N[C@H](CN2CCOCC2)c2ccccc2)cc(OC)c1. The summed E-state index contributed by atoms with van der Waals surface area (Å²) in [7, 11) is 3.20. The molecule has 2 aromatic carbocycles. The molecule has 0 aliphatic carbocycles. The lowest BCUT2D eigenvalue weighted by Crippen LogP contribution is -2.42. The lowest BCUT2D eigenvalue weighted by molar-refractivity contribution is -0.117. The molecule has 1 atom stereocenters. The van der Waals surface area contributed by atoms with Crippen LogP contribution in [0.2, 0.25) is 0 Å². The molecule has 1 N–H and O–H groups in total. The summed E-state index contributed by atoms with van der Waals surface area (Å²) >= 11 is 0. The molecule has 2 aromatic rings. The Bertz CT molecular complexity index is 795. The Labute approximate surface area is 172 Å². The fourth-order valence-corrected chi connectivity index (χ4v) is 3.28. The number of carbonyl (C=O) groups is 1. The quantitative estimate of drug-likeness (QED) is 0.696. The van der Waals surface area contributed by atoms with Crippen molar-refractivity contribution >= 4 is 12.0 Å². The Kier molecular flexibility index (Phi) is 7.67. The number of rotatable bonds is 8. The molecule has 1 aliphatic rings. The van der Waals surface area contributed by atoms with Crippen LogP contribution in [0.3, 0.4) is 0 Å². The van der Waals surface area contributed by atoms with Gasteiger partial charge in [0, 0.05) is 31.8 Å². The average Bonchev–Trinajstić information content (AvgIpc) is 2.78. The Morgan fingerprint density at radius 1 is 1.10 bits per heavy atom. The van der Waals surface area contributed by atoms with Crippen molar-refractivity contribution in [2.24, 2.45) is 0 Å². The average molecular weight is 396 g/mol. The summed E-state index contributed by atoms with van der Waals surface area (Å²) in [6.45, 7) is 3.96. The van der Waals surface area contributed by atoms with Crippen LogP contribution in [0.15, 0.2) is 54.6 Å². The third-order valence-electron chi connectivity index (χ3n) is 4.86. The highest BCUT2D eigenvalue weighted by Gasteiger charge is 2.19. The molecule has 1 aliphatic heterocycles. The van der Waals surface area contributed by atoms with Crippen LogP contribution >= 0.6 is 0 Å². The Balaban J connectivity index is 1.70. The maximum absolute atomic E-state index is 12.6. The van der Waals surface area contributed by atoms with Crippen LogP contribution in [-0.4, -0.2) is 57.9 Å². The second kappa shape index (κ2) is 10.6. The van der Waals surface area contributed by atoms with Crippen molar-refractivity contribution in [2.45, 2.75) is 6.04 Å². The van der Waals surface area contributed by atoms with E-state index in [1.54, 1.807) is 32.4 Å². The Morgan fingerprint density at radius 3 is 2.38 bits per heavy atom. The van der Waals surface area contributed by atoms with Crippen molar-refractivity contribution in [1.29, 1.82) is 0 Å². The van der Waals surface area contributed by atoms with Crippen molar-refractivity contribution < 1.29 is 19.0 Å². The molecule has 0 saturated carbocycles. The molecule has 0 aromatic heterocycles. The summed E-state index contributed by atoms with van der Waals surface area (Å²) in [5, 5.41) is 3.14. The van der Waals surface area contributed by atoms with Gasteiger partial charge in [-0.25, -0.2) is 0 Å². The molecule has 0 spiro atoms. The van der Waals surface area contributed by atoms with Crippen LogP contribution < -0.4 is 14.8 Å². The van der Waals surface area contributed by atoms with Gasteiger partial charge in [0.1, 0.15) is 11.5 Å². The zero-order valence-corrected chi connectivity index (χ0v) is 17.0. The number of ether oxygens (including phenoxy) is 3. The van der Waals surface area contributed by atoms with Gasteiger partial charge in [0.05, 0.1) is 33.5 Å². The molecule has 6 heteroatoms. The van der Waals surface area contributed by atoms with Gasteiger partial charge in [-0.05, 0) is 29.3 Å². The summed E-state index contributed by atoms with van der Waals surface area (Å²) in [5.74, 6) is 1.21. The van der Waals surface area contributed by atoms with Gasteiger partial charge in [0.15, 0.2) is 0 Å². The summed E-state index contributed by atoms with van der Waals surface area (Å²) in [4.78, 5) is 15.0. The minimum Gasteiger partial charge on any atom is -0.497 e. The van der Waals surface area contributed by atoms with Crippen molar-refractivity contribution in [1.82, 2.24) is 10.2 Å². The number of hydrogen-bond acceptors (Lipinski definition) is 5. The largest absolute Gasteiger partial charge is 0.497 e. The number of carbonyl (C=O) groups excluding carboxylic acids is 1. The molecule has 1 saturated heterocycles. The molecule has 0 radical (unpaired) electrons. The van der Waals surface area contributed by atoms with E-state index in [1.807, 2.05) is 42.5 Å². The maximum atomic E-state index is 12.6. The molecular formula is C23H28N2O4. The standard InChI is InChI=1S/C23H28N2O4/c1-27-20-14-18(15-21(16-20)28-2)8-9-23(26)24-22(19-6-4-3-5-7-19)17-25-10-12-29-13-11-25/h3-9,14-16,22H,10-13,17H2,1-2H3,(H,24,26)/b9-8+/t22-/m1/s1. The third kappa shape index (κ3) is 6.34. The zero-order valence-electron chi connectivity index (χ0n) is 17.0. The van der Waals surface area contributed by atoms with E-state index in [9.17, 15) is 4.79 Å². The predicted octanol–water partition coefficient (Wildman–Crippen LogP) is 2.91. The van der Waals surface area contributed by atoms with Crippen LogP contribution in [0.4, 0.5) is 0 Å². The van der Waals surface area contributed by atoms with Crippen LogP contribution in [0.5, 0.6) is 11.5 Å². The van der Waals surface area contributed by atoms with Crippen LogP contribution in [0, 0.1) is 0 Å². The topological polar surface area (TPSA) is 60.0 Å². The molecule has 154 valence electrons. The minimum atomic E-state index is -0.145. The third-order valence-corrected chi connectivity index (χ3v) is 4.86. The van der Waals surface area contributed by atoms with E-state index in [0.717, 1.165) is 44.0 Å². The van der Waals surface area contributed by atoms with E-state index >= 15 is 0 Å². The second-order valence-electron chi connectivity index (χ2n) is 6.86. The van der Waals surface area contributed by atoms with E-state index < -0.39 is 0 Å². The molecule has 1 amide bonds. The van der Waals surface area contributed by atoms with E-state index in [-0.39, 0.29) is 11.9 Å². The van der Waals surface area contributed by atoms with Gasteiger partial charge in [0.25, 0.3) is 0 Å². The first-order valence-electron chi connectivity index (χ1n) is 9.74. The van der Waals surface area contributed by atoms with Gasteiger partial charge in [-0.15, -0.1) is 0 Å². The van der Waals surface area contributed by atoms with E-state index in [4.69, 9.17) is 14.2 Å². The summed E-state index contributed by atoms with van der Waals surface area (Å²) in [5.41, 5.74) is 1.92. The second-order valence-corrected chi connectivity index (χ2v) is 6.86. The Morgan fingerprint density at radius 2 is 1.76 bits per heavy atom. The number of nitrogens with one attached hydrogen (secondary N) is 1. The first kappa shape index (κ1) is 20.9. The fourth-order valence-electron chi connectivity index (χ4n) is 3.28. The number of nitrogens with zero attached hydrogens (tertiary/aromatic N) is 1. The minimum absolute atomic E-state index is 0.0914. The van der Waals surface area contributed by atoms with Crippen molar-refractivity contribution in [3.05, 3.63) is 65.7 Å². The fraction of sp³-hybridized carbons (Fsp3) is 0.348. The van der Waals surface area contributed by atoms with Crippen molar-refractivity contribution in [3.63, 3.8) is 0 Å². The first-order chi connectivity index (χ1) is 14.2. The molecular weight excluding hydrogens is 368 g/mol. The van der Waals surface area contributed by atoms with Crippen molar-refractivity contribution in [3.8, 4) is 11.5 Å². The highest BCUT2D eigenvalue weighted by Crippen LogP contribution is 2.23. The van der Waals surface area contributed by atoms with Gasteiger partial charge >= 0.3 is 0 Å². The number of hydrogen-bond donors (Lipinski definition) is 1. The molecule has 0 bridgehead atoms. The number of benzene rings is 2. The molecule has 3 rings (SSSR count). The summed E-state index contributed by atoms with van der Waals surface area (Å²) < 4.78 is 16.0.